The lowest BCUT2D eigenvalue weighted by Gasteiger charge is -2.13. The maximum atomic E-state index is 12.5. The van der Waals surface area contributed by atoms with Crippen LogP contribution in [0.3, 0.4) is 0 Å². The zero-order chi connectivity index (χ0) is 16.8. The summed E-state index contributed by atoms with van der Waals surface area (Å²) in [5.41, 5.74) is 1.54. The maximum Gasteiger partial charge on any atom is 0.305 e. The van der Waals surface area contributed by atoms with Gasteiger partial charge in [-0.2, -0.15) is 0 Å². The summed E-state index contributed by atoms with van der Waals surface area (Å²) in [5.74, 6) is -1.34. The highest BCUT2D eigenvalue weighted by Gasteiger charge is 2.26. The van der Waals surface area contributed by atoms with Gasteiger partial charge in [0.2, 0.25) is 5.91 Å². The first kappa shape index (κ1) is 17.5. The zero-order valence-electron chi connectivity index (χ0n) is 13.2. The molecule has 1 aliphatic rings. The van der Waals surface area contributed by atoms with Crippen molar-refractivity contribution in [2.75, 3.05) is 11.9 Å². The molecule has 1 aromatic heterocycles. The van der Waals surface area contributed by atoms with E-state index in [4.69, 9.17) is 5.11 Å². The van der Waals surface area contributed by atoms with Gasteiger partial charge in [-0.1, -0.05) is 6.92 Å². The Bertz CT molecular complexity index is 609. The second kappa shape index (κ2) is 8.10. The third-order valence-electron chi connectivity index (χ3n) is 3.75. The average molecular weight is 338 g/mol. The van der Waals surface area contributed by atoms with Crippen molar-refractivity contribution in [3.8, 4) is 0 Å². The SMILES string of the molecule is CCCC(=O)Nc1sc2c(c1C(=O)NCCC(=O)O)CCCC2. The Balaban J connectivity index is 2.20. The molecule has 1 aliphatic carbocycles. The molecule has 6 nitrogen and oxygen atoms in total. The molecule has 0 saturated heterocycles. The van der Waals surface area contributed by atoms with E-state index in [-0.39, 0.29) is 24.8 Å². The number of aryl methyl sites for hydroxylation is 1. The molecular formula is C16H22N2O4S. The van der Waals surface area contributed by atoms with Crippen molar-refractivity contribution in [1.29, 1.82) is 0 Å². The van der Waals surface area contributed by atoms with Crippen molar-refractivity contribution in [2.45, 2.75) is 51.9 Å². The molecular weight excluding hydrogens is 316 g/mol. The first-order valence-corrected chi connectivity index (χ1v) is 8.79. The summed E-state index contributed by atoms with van der Waals surface area (Å²) < 4.78 is 0. The number of carbonyl (C=O) groups is 3. The van der Waals surface area contributed by atoms with E-state index in [0.29, 0.717) is 17.0 Å². The number of nitrogens with one attached hydrogen (secondary N) is 2. The van der Waals surface area contributed by atoms with Crippen LogP contribution < -0.4 is 10.6 Å². The lowest BCUT2D eigenvalue weighted by molar-refractivity contribution is -0.136. The lowest BCUT2D eigenvalue weighted by Crippen LogP contribution is -2.28. The molecule has 1 aromatic rings. The molecule has 0 radical (unpaired) electrons. The number of carbonyl (C=O) groups excluding carboxylic acids is 2. The van der Waals surface area contributed by atoms with E-state index in [2.05, 4.69) is 10.6 Å². The van der Waals surface area contributed by atoms with Crippen LogP contribution in [-0.4, -0.2) is 29.4 Å². The van der Waals surface area contributed by atoms with E-state index in [9.17, 15) is 14.4 Å². The molecule has 126 valence electrons. The third-order valence-corrected chi connectivity index (χ3v) is 4.96. The molecule has 0 saturated carbocycles. The highest BCUT2D eigenvalue weighted by molar-refractivity contribution is 7.17. The van der Waals surface area contributed by atoms with Crippen molar-refractivity contribution >= 4 is 34.1 Å². The number of anilines is 1. The molecule has 0 fully saturated rings. The van der Waals surface area contributed by atoms with Crippen LogP contribution in [0.5, 0.6) is 0 Å². The van der Waals surface area contributed by atoms with Gasteiger partial charge >= 0.3 is 5.97 Å². The molecule has 3 N–H and O–H groups in total. The quantitative estimate of drug-likeness (QED) is 0.712. The van der Waals surface area contributed by atoms with Crippen LogP contribution >= 0.6 is 11.3 Å². The molecule has 0 aliphatic heterocycles. The number of carboxylic acid groups (broad SMARTS) is 1. The Kier molecular flexibility index (Phi) is 6.15. The summed E-state index contributed by atoms with van der Waals surface area (Å²) in [7, 11) is 0. The van der Waals surface area contributed by atoms with Crippen LogP contribution in [0.4, 0.5) is 5.00 Å². The molecule has 7 heteroatoms. The third kappa shape index (κ3) is 4.54. The van der Waals surface area contributed by atoms with Crippen LogP contribution in [-0.2, 0) is 22.4 Å². The summed E-state index contributed by atoms with van der Waals surface area (Å²) in [4.78, 5) is 36.1. The van der Waals surface area contributed by atoms with E-state index >= 15 is 0 Å². The van der Waals surface area contributed by atoms with Gasteiger partial charge in [-0.15, -0.1) is 11.3 Å². The highest BCUT2D eigenvalue weighted by Crippen LogP contribution is 2.38. The number of rotatable bonds is 7. The van der Waals surface area contributed by atoms with Crippen molar-refractivity contribution < 1.29 is 19.5 Å². The van der Waals surface area contributed by atoms with Gasteiger partial charge in [0.05, 0.1) is 12.0 Å². The topological polar surface area (TPSA) is 95.5 Å². The van der Waals surface area contributed by atoms with Crippen molar-refractivity contribution in [1.82, 2.24) is 5.32 Å². The minimum absolute atomic E-state index is 0.0845. The predicted octanol–water partition coefficient (Wildman–Crippen LogP) is 2.57. The van der Waals surface area contributed by atoms with Gasteiger partial charge in [0.25, 0.3) is 5.91 Å². The van der Waals surface area contributed by atoms with Gasteiger partial charge in [-0.3, -0.25) is 14.4 Å². The second-order valence-corrected chi connectivity index (χ2v) is 6.72. The second-order valence-electron chi connectivity index (χ2n) is 5.61. The minimum Gasteiger partial charge on any atom is -0.481 e. The summed E-state index contributed by atoms with van der Waals surface area (Å²) >= 11 is 1.48. The van der Waals surface area contributed by atoms with Crippen LogP contribution in [0, 0.1) is 0 Å². The van der Waals surface area contributed by atoms with E-state index < -0.39 is 5.97 Å². The minimum atomic E-state index is -0.950. The van der Waals surface area contributed by atoms with E-state index in [1.807, 2.05) is 6.92 Å². The normalized spacial score (nSPS) is 13.3. The molecule has 0 aromatic carbocycles. The molecule has 1 heterocycles. The molecule has 0 bridgehead atoms. The molecule has 0 spiro atoms. The van der Waals surface area contributed by atoms with E-state index in [0.717, 1.165) is 42.5 Å². The van der Waals surface area contributed by atoms with Gasteiger partial charge in [0, 0.05) is 17.8 Å². The Labute approximate surface area is 139 Å². The highest BCUT2D eigenvalue weighted by atomic mass is 32.1. The van der Waals surface area contributed by atoms with Crippen molar-refractivity contribution in [3.63, 3.8) is 0 Å². The molecule has 0 atom stereocenters. The fraction of sp³-hybridized carbons (Fsp3) is 0.562. The number of hydrogen-bond acceptors (Lipinski definition) is 4. The Hall–Kier alpha value is -1.89. The molecule has 23 heavy (non-hydrogen) atoms. The van der Waals surface area contributed by atoms with E-state index in [1.165, 1.54) is 11.3 Å². The van der Waals surface area contributed by atoms with Crippen molar-refractivity contribution in [3.05, 3.63) is 16.0 Å². The number of thiophene rings is 1. The van der Waals surface area contributed by atoms with Gasteiger partial charge < -0.3 is 15.7 Å². The van der Waals surface area contributed by atoms with Gasteiger partial charge in [-0.05, 0) is 37.7 Å². The largest absolute Gasteiger partial charge is 0.481 e. The number of carboxylic acids is 1. The van der Waals surface area contributed by atoms with Crippen LogP contribution in [0.1, 0.15) is 59.8 Å². The van der Waals surface area contributed by atoms with Gasteiger partial charge in [0.1, 0.15) is 5.00 Å². The fourth-order valence-corrected chi connectivity index (χ4v) is 3.98. The number of hydrogen-bond donors (Lipinski definition) is 3. The number of fused-ring (bicyclic) bond motifs is 1. The Morgan fingerprint density at radius 2 is 1.91 bits per heavy atom. The Morgan fingerprint density at radius 3 is 2.61 bits per heavy atom. The summed E-state index contributed by atoms with van der Waals surface area (Å²) in [6.45, 7) is 2.01. The zero-order valence-corrected chi connectivity index (χ0v) is 14.1. The first-order chi connectivity index (χ1) is 11.0. The molecule has 0 unspecified atom stereocenters. The predicted molar refractivity (Wildman–Crippen MR) is 89.1 cm³/mol. The molecule has 2 amide bonds. The molecule has 2 rings (SSSR count). The summed E-state index contributed by atoms with van der Waals surface area (Å²) in [5, 5.41) is 14.8. The first-order valence-electron chi connectivity index (χ1n) is 7.97. The van der Waals surface area contributed by atoms with Crippen molar-refractivity contribution in [2.24, 2.45) is 0 Å². The number of amides is 2. The smallest absolute Gasteiger partial charge is 0.305 e. The standard InChI is InChI=1S/C16H22N2O4S/c1-2-5-12(19)18-16-14(15(22)17-9-8-13(20)21)10-6-3-4-7-11(10)23-16/h2-9H2,1H3,(H,17,22)(H,18,19)(H,20,21). The number of aliphatic carboxylic acids is 1. The fourth-order valence-electron chi connectivity index (χ4n) is 2.68. The Morgan fingerprint density at radius 1 is 1.17 bits per heavy atom. The summed E-state index contributed by atoms with van der Waals surface area (Å²) in [6, 6.07) is 0. The van der Waals surface area contributed by atoms with Crippen LogP contribution in [0.25, 0.3) is 0 Å². The van der Waals surface area contributed by atoms with Crippen LogP contribution in [0.2, 0.25) is 0 Å². The van der Waals surface area contributed by atoms with E-state index in [1.54, 1.807) is 0 Å². The lowest BCUT2D eigenvalue weighted by atomic mass is 9.95. The van der Waals surface area contributed by atoms with Gasteiger partial charge in [0.15, 0.2) is 0 Å². The average Bonchev–Trinajstić information content (AvgIpc) is 2.84. The maximum absolute atomic E-state index is 12.5. The van der Waals surface area contributed by atoms with Gasteiger partial charge in [-0.25, -0.2) is 0 Å². The van der Waals surface area contributed by atoms with Crippen LogP contribution in [0.15, 0.2) is 0 Å². The summed E-state index contributed by atoms with van der Waals surface area (Å²) in [6.07, 6.45) is 4.93. The monoisotopic (exact) mass is 338 g/mol.